The highest BCUT2D eigenvalue weighted by Gasteiger charge is 2.39. The molecular formula is C19H36NO2P. The molecule has 0 aliphatic heterocycles. The number of carbonyl (C=O) groups excluding carboxylic acids is 1. The zero-order chi connectivity index (χ0) is 16.9. The summed E-state index contributed by atoms with van der Waals surface area (Å²) in [5, 5.41) is 2.83. The van der Waals surface area contributed by atoms with Crippen LogP contribution >= 0.6 is 8.15 Å². The van der Waals surface area contributed by atoms with Gasteiger partial charge >= 0.3 is 0 Å². The Bertz CT molecular complexity index is 350. The van der Waals surface area contributed by atoms with Crippen LogP contribution in [0.15, 0.2) is 0 Å². The highest BCUT2D eigenvalue weighted by Crippen LogP contribution is 2.58. The molecule has 0 aromatic carbocycles. The van der Waals surface area contributed by atoms with Gasteiger partial charge in [0, 0.05) is 26.5 Å². The molecule has 4 heteroatoms. The molecule has 0 radical (unpaired) electrons. The van der Waals surface area contributed by atoms with Crippen molar-refractivity contribution in [3.8, 4) is 0 Å². The van der Waals surface area contributed by atoms with Gasteiger partial charge in [0.25, 0.3) is 0 Å². The predicted octanol–water partition coefficient (Wildman–Crippen LogP) is 5.23. The van der Waals surface area contributed by atoms with Crippen LogP contribution in [0.25, 0.3) is 0 Å². The molecular weight excluding hydrogens is 305 g/mol. The third-order valence-electron chi connectivity index (χ3n) is 5.37. The van der Waals surface area contributed by atoms with Crippen molar-refractivity contribution < 1.29 is 9.32 Å². The maximum Gasteiger partial charge on any atom is 0.249 e. The molecule has 0 bridgehead atoms. The maximum absolute atomic E-state index is 12.4. The van der Waals surface area contributed by atoms with Crippen molar-refractivity contribution in [3.63, 3.8) is 0 Å². The largest absolute Gasteiger partial charge is 0.357 e. The molecule has 1 N–H and O–H groups in total. The Morgan fingerprint density at radius 2 is 1.39 bits per heavy atom. The molecule has 134 valence electrons. The second-order valence-electron chi connectivity index (χ2n) is 8.41. The van der Waals surface area contributed by atoms with Crippen LogP contribution in [0, 0.1) is 5.41 Å². The number of hydrogen-bond donors (Lipinski definition) is 1. The van der Waals surface area contributed by atoms with E-state index in [4.69, 9.17) is 4.52 Å². The summed E-state index contributed by atoms with van der Waals surface area (Å²) in [6, 6.07) is 0. The van der Waals surface area contributed by atoms with Crippen molar-refractivity contribution in [1.29, 1.82) is 0 Å². The zero-order valence-corrected chi connectivity index (χ0v) is 16.5. The van der Waals surface area contributed by atoms with Crippen molar-refractivity contribution in [1.82, 2.24) is 5.32 Å². The van der Waals surface area contributed by atoms with Gasteiger partial charge in [0.2, 0.25) is 5.91 Å². The summed E-state index contributed by atoms with van der Waals surface area (Å²) in [4.78, 5) is 12.4. The van der Waals surface area contributed by atoms with Gasteiger partial charge in [-0.15, -0.1) is 0 Å². The zero-order valence-electron chi connectivity index (χ0n) is 15.6. The maximum atomic E-state index is 12.4. The number of hydrogen-bond acceptors (Lipinski definition) is 2. The molecule has 2 fully saturated rings. The molecule has 0 spiro atoms. The van der Waals surface area contributed by atoms with Gasteiger partial charge in [-0.25, -0.2) is 0 Å². The van der Waals surface area contributed by atoms with Crippen LogP contribution in [0.3, 0.4) is 0 Å². The first-order chi connectivity index (χ1) is 10.9. The van der Waals surface area contributed by atoms with Gasteiger partial charge in [0.15, 0.2) is 0 Å². The van der Waals surface area contributed by atoms with E-state index in [0.717, 1.165) is 11.3 Å². The van der Waals surface area contributed by atoms with E-state index in [-0.39, 0.29) is 17.4 Å². The first-order valence-electron chi connectivity index (χ1n) is 9.60. The molecule has 0 heterocycles. The van der Waals surface area contributed by atoms with E-state index in [2.05, 4.69) is 26.1 Å². The fourth-order valence-corrected chi connectivity index (χ4v) is 7.34. The minimum absolute atomic E-state index is 0.0524. The first kappa shape index (κ1) is 19.2. The average Bonchev–Trinajstić information content (AvgIpc) is 2.55. The Balaban J connectivity index is 2.15. The Hall–Kier alpha value is -0.140. The highest BCUT2D eigenvalue weighted by atomic mass is 31.1. The van der Waals surface area contributed by atoms with Gasteiger partial charge < -0.3 is 9.84 Å². The fourth-order valence-electron chi connectivity index (χ4n) is 3.99. The lowest BCUT2D eigenvalue weighted by molar-refractivity contribution is -0.131. The quantitative estimate of drug-likeness (QED) is 0.696. The van der Waals surface area contributed by atoms with E-state index in [1.165, 1.54) is 64.2 Å². The minimum atomic E-state index is -0.500. The SMILES string of the molecule is CNC(=O)C(OP(C1CCCCC1)C1CCCCC1)C(C)(C)C. The molecule has 0 saturated heterocycles. The summed E-state index contributed by atoms with van der Waals surface area (Å²) in [5.41, 5.74) is 1.29. The Kier molecular flexibility index (Phi) is 7.35. The van der Waals surface area contributed by atoms with Crippen LogP contribution in [-0.4, -0.2) is 30.4 Å². The summed E-state index contributed by atoms with van der Waals surface area (Å²) in [6.45, 7) is 6.38. The minimum Gasteiger partial charge on any atom is -0.357 e. The third-order valence-corrected chi connectivity index (χ3v) is 8.29. The Morgan fingerprint density at radius 1 is 0.957 bits per heavy atom. The average molecular weight is 341 g/mol. The summed E-state index contributed by atoms with van der Waals surface area (Å²) >= 11 is 0. The van der Waals surface area contributed by atoms with E-state index in [1.807, 2.05) is 0 Å². The van der Waals surface area contributed by atoms with E-state index >= 15 is 0 Å². The van der Waals surface area contributed by atoms with Crippen molar-refractivity contribution in [3.05, 3.63) is 0 Å². The predicted molar refractivity (Wildman–Crippen MR) is 99.1 cm³/mol. The molecule has 1 amide bonds. The van der Waals surface area contributed by atoms with Crippen molar-refractivity contribution in [2.75, 3.05) is 7.05 Å². The smallest absolute Gasteiger partial charge is 0.249 e. The second-order valence-corrected chi connectivity index (χ2v) is 10.8. The number of rotatable bonds is 5. The topological polar surface area (TPSA) is 38.3 Å². The Morgan fingerprint density at radius 3 is 1.74 bits per heavy atom. The van der Waals surface area contributed by atoms with Gasteiger partial charge in [-0.3, -0.25) is 4.79 Å². The summed E-state index contributed by atoms with van der Waals surface area (Å²) in [5.74, 6) is 0.0524. The monoisotopic (exact) mass is 341 g/mol. The normalized spacial score (nSPS) is 23.0. The molecule has 2 rings (SSSR count). The van der Waals surface area contributed by atoms with Crippen molar-refractivity contribution in [2.24, 2.45) is 5.41 Å². The molecule has 0 aromatic heterocycles. The molecule has 0 aromatic rings. The van der Waals surface area contributed by atoms with Gasteiger partial charge in [-0.1, -0.05) is 59.3 Å². The number of carbonyl (C=O) groups is 1. The number of likely N-dealkylation sites (N-methyl/N-ethyl adjacent to an activating group) is 1. The lowest BCUT2D eigenvalue weighted by atomic mass is 9.89. The molecule has 2 saturated carbocycles. The summed E-state index contributed by atoms with van der Waals surface area (Å²) < 4.78 is 6.70. The van der Waals surface area contributed by atoms with Gasteiger partial charge in [0.1, 0.15) is 6.10 Å². The molecule has 1 atom stereocenters. The standard InChI is InChI=1S/C19H36NO2P/c1-19(2,3)17(18(21)20-4)22-23(15-11-7-5-8-12-15)16-13-9-6-10-14-16/h15-17H,5-14H2,1-4H3,(H,20,21). The van der Waals surface area contributed by atoms with Crippen LogP contribution in [-0.2, 0) is 9.32 Å². The van der Waals surface area contributed by atoms with E-state index in [0.29, 0.717) is 0 Å². The van der Waals surface area contributed by atoms with Crippen LogP contribution < -0.4 is 5.32 Å². The van der Waals surface area contributed by atoms with Crippen LogP contribution in [0.1, 0.15) is 85.0 Å². The van der Waals surface area contributed by atoms with Gasteiger partial charge in [-0.2, -0.15) is 0 Å². The molecule has 2 aliphatic rings. The molecule has 23 heavy (non-hydrogen) atoms. The lowest BCUT2D eigenvalue weighted by Crippen LogP contribution is -2.43. The summed E-state index contributed by atoms with van der Waals surface area (Å²) in [6.07, 6.45) is 13.1. The summed E-state index contributed by atoms with van der Waals surface area (Å²) in [7, 11) is 1.23. The third kappa shape index (κ3) is 5.43. The lowest BCUT2D eigenvalue weighted by Gasteiger charge is -2.41. The van der Waals surface area contributed by atoms with E-state index in [1.54, 1.807) is 7.05 Å². The molecule has 3 nitrogen and oxygen atoms in total. The van der Waals surface area contributed by atoms with Crippen molar-refractivity contribution >= 4 is 14.1 Å². The fraction of sp³-hybridized carbons (Fsp3) is 0.947. The second kappa shape index (κ2) is 8.81. The first-order valence-corrected chi connectivity index (χ1v) is 11.0. The van der Waals surface area contributed by atoms with Crippen molar-refractivity contribution in [2.45, 2.75) is 102 Å². The van der Waals surface area contributed by atoms with Gasteiger partial charge in [0.05, 0.1) is 0 Å². The Labute approximate surface area is 144 Å². The molecule has 1 unspecified atom stereocenters. The number of nitrogens with one attached hydrogen (secondary N) is 1. The van der Waals surface area contributed by atoms with Gasteiger partial charge in [-0.05, 0) is 31.1 Å². The molecule has 2 aliphatic carbocycles. The highest BCUT2D eigenvalue weighted by molar-refractivity contribution is 7.54. The van der Waals surface area contributed by atoms with Crippen LogP contribution in [0.5, 0.6) is 0 Å². The van der Waals surface area contributed by atoms with Crippen LogP contribution in [0.2, 0.25) is 0 Å². The number of amides is 1. The van der Waals surface area contributed by atoms with E-state index in [9.17, 15) is 4.79 Å². The van der Waals surface area contributed by atoms with Crippen LogP contribution in [0.4, 0.5) is 0 Å². The van der Waals surface area contributed by atoms with E-state index < -0.39 is 8.15 Å².